The summed E-state index contributed by atoms with van der Waals surface area (Å²) >= 11 is 5.95. The van der Waals surface area contributed by atoms with Crippen LogP contribution in [0.25, 0.3) is 0 Å². The molecule has 1 N–H and O–H groups in total. The van der Waals surface area contributed by atoms with Crippen LogP contribution in [0, 0.1) is 6.92 Å². The highest BCUT2D eigenvalue weighted by atomic mass is 35.5. The molecule has 1 aromatic carbocycles. The Bertz CT molecular complexity index is 363. The van der Waals surface area contributed by atoms with E-state index in [1.54, 1.807) is 0 Å². The molecule has 0 unspecified atom stereocenters. The summed E-state index contributed by atoms with van der Waals surface area (Å²) in [5, 5.41) is 4.30. The Balaban J connectivity index is 1.58. The van der Waals surface area contributed by atoms with E-state index in [1.165, 1.54) is 19.3 Å². The molecule has 1 saturated carbocycles. The molecule has 0 aliphatic heterocycles. The minimum atomic E-state index is 0.785. The Labute approximate surface area is 108 Å². The van der Waals surface area contributed by atoms with E-state index in [4.69, 9.17) is 16.3 Å². The van der Waals surface area contributed by atoms with Crippen molar-refractivity contribution in [3.8, 4) is 5.75 Å². The molecule has 0 saturated heterocycles. The van der Waals surface area contributed by atoms with E-state index >= 15 is 0 Å². The monoisotopic (exact) mass is 253 g/mol. The molecule has 1 aliphatic rings. The van der Waals surface area contributed by atoms with E-state index < -0.39 is 0 Å². The Kier molecular flexibility index (Phi) is 4.69. The Morgan fingerprint density at radius 3 is 2.88 bits per heavy atom. The third-order valence-corrected chi connectivity index (χ3v) is 3.40. The van der Waals surface area contributed by atoms with Gasteiger partial charge in [-0.2, -0.15) is 0 Å². The van der Waals surface area contributed by atoms with Gasteiger partial charge in [0, 0.05) is 11.1 Å². The highest BCUT2D eigenvalue weighted by Gasteiger charge is 2.19. The quantitative estimate of drug-likeness (QED) is 0.751. The SMILES string of the molecule is Cc1cc(OCCCCNC2CC2)ccc1Cl. The lowest BCUT2D eigenvalue weighted by molar-refractivity contribution is 0.305. The summed E-state index contributed by atoms with van der Waals surface area (Å²) in [6.45, 7) is 3.90. The predicted octanol–water partition coefficient (Wildman–Crippen LogP) is 3.56. The van der Waals surface area contributed by atoms with Gasteiger partial charge in [0.05, 0.1) is 6.61 Å². The molecule has 3 heteroatoms. The van der Waals surface area contributed by atoms with Crippen LogP contribution >= 0.6 is 11.6 Å². The van der Waals surface area contributed by atoms with E-state index in [9.17, 15) is 0 Å². The van der Waals surface area contributed by atoms with Crippen molar-refractivity contribution in [2.45, 2.75) is 38.6 Å². The summed E-state index contributed by atoms with van der Waals surface area (Å²) in [5.41, 5.74) is 1.07. The van der Waals surface area contributed by atoms with Crippen LogP contribution < -0.4 is 10.1 Å². The maximum Gasteiger partial charge on any atom is 0.119 e. The van der Waals surface area contributed by atoms with Gasteiger partial charge in [0.15, 0.2) is 0 Å². The van der Waals surface area contributed by atoms with Crippen LogP contribution in [0.2, 0.25) is 5.02 Å². The van der Waals surface area contributed by atoms with E-state index in [0.29, 0.717) is 0 Å². The molecule has 0 amide bonds. The lowest BCUT2D eigenvalue weighted by atomic mass is 10.2. The van der Waals surface area contributed by atoms with Gasteiger partial charge < -0.3 is 10.1 Å². The molecule has 0 atom stereocenters. The van der Waals surface area contributed by atoms with E-state index in [-0.39, 0.29) is 0 Å². The second-order valence-electron chi connectivity index (χ2n) is 4.69. The number of nitrogens with one attached hydrogen (secondary N) is 1. The fourth-order valence-electron chi connectivity index (χ4n) is 1.72. The minimum Gasteiger partial charge on any atom is -0.494 e. The van der Waals surface area contributed by atoms with Gasteiger partial charge in [-0.3, -0.25) is 0 Å². The molecule has 2 rings (SSSR count). The van der Waals surface area contributed by atoms with Crippen LogP contribution in [0.5, 0.6) is 5.75 Å². The summed E-state index contributed by atoms with van der Waals surface area (Å²) in [7, 11) is 0. The zero-order valence-corrected chi connectivity index (χ0v) is 11.1. The zero-order valence-electron chi connectivity index (χ0n) is 10.3. The van der Waals surface area contributed by atoms with Gasteiger partial charge in [-0.1, -0.05) is 11.6 Å². The van der Waals surface area contributed by atoms with Gasteiger partial charge in [-0.25, -0.2) is 0 Å². The Hall–Kier alpha value is -0.730. The molecule has 0 radical (unpaired) electrons. The molecule has 17 heavy (non-hydrogen) atoms. The first-order chi connectivity index (χ1) is 8.25. The average molecular weight is 254 g/mol. The van der Waals surface area contributed by atoms with Crippen molar-refractivity contribution in [3.63, 3.8) is 0 Å². The Morgan fingerprint density at radius 1 is 1.35 bits per heavy atom. The molecule has 1 aromatic rings. The molecular weight excluding hydrogens is 234 g/mol. The standard InChI is InChI=1S/C14H20ClNO/c1-11-10-13(6-7-14(11)15)17-9-3-2-8-16-12-4-5-12/h6-7,10,12,16H,2-5,8-9H2,1H3. The third kappa shape index (κ3) is 4.57. The van der Waals surface area contributed by atoms with Gasteiger partial charge in [0.1, 0.15) is 5.75 Å². The maximum absolute atomic E-state index is 5.95. The van der Waals surface area contributed by atoms with Crippen LogP contribution in [0.3, 0.4) is 0 Å². The lowest BCUT2D eigenvalue weighted by Gasteiger charge is -2.08. The van der Waals surface area contributed by atoms with Gasteiger partial charge in [0.2, 0.25) is 0 Å². The fraction of sp³-hybridized carbons (Fsp3) is 0.571. The first kappa shape index (κ1) is 12.7. The molecule has 2 nitrogen and oxygen atoms in total. The van der Waals surface area contributed by atoms with Gasteiger partial charge in [-0.15, -0.1) is 0 Å². The summed E-state index contributed by atoms with van der Waals surface area (Å²) in [6.07, 6.45) is 5.01. The Morgan fingerprint density at radius 2 is 2.18 bits per heavy atom. The number of unbranched alkanes of at least 4 members (excludes halogenated alkanes) is 1. The normalized spacial score (nSPS) is 14.9. The molecule has 0 bridgehead atoms. The zero-order chi connectivity index (χ0) is 12.1. The molecular formula is C14H20ClNO. The van der Waals surface area contributed by atoms with Crippen molar-refractivity contribution >= 4 is 11.6 Å². The van der Waals surface area contributed by atoms with Gasteiger partial charge >= 0.3 is 0 Å². The number of hydrogen-bond acceptors (Lipinski definition) is 2. The summed E-state index contributed by atoms with van der Waals surface area (Å²) < 4.78 is 5.68. The number of hydrogen-bond donors (Lipinski definition) is 1. The van der Waals surface area contributed by atoms with E-state index in [0.717, 1.165) is 41.9 Å². The number of rotatable bonds is 7. The second kappa shape index (κ2) is 6.27. The van der Waals surface area contributed by atoms with Gasteiger partial charge in [-0.05, 0) is 62.9 Å². The first-order valence-corrected chi connectivity index (χ1v) is 6.76. The average Bonchev–Trinajstić information content (AvgIpc) is 3.12. The topological polar surface area (TPSA) is 21.3 Å². The van der Waals surface area contributed by atoms with Gasteiger partial charge in [0.25, 0.3) is 0 Å². The van der Waals surface area contributed by atoms with Crippen LogP contribution in [0.15, 0.2) is 18.2 Å². The molecule has 0 heterocycles. The van der Waals surface area contributed by atoms with Crippen LogP contribution in [0.1, 0.15) is 31.2 Å². The van der Waals surface area contributed by atoms with Crippen molar-refractivity contribution in [2.75, 3.05) is 13.2 Å². The predicted molar refractivity (Wildman–Crippen MR) is 71.9 cm³/mol. The smallest absolute Gasteiger partial charge is 0.119 e. The van der Waals surface area contributed by atoms with Crippen molar-refractivity contribution < 1.29 is 4.74 Å². The number of benzene rings is 1. The second-order valence-corrected chi connectivity index (χ2v) is 5.10. The van der Waals surface area contributed by atoms with Crippen molar-refractivity contribution in [3.05, 3.63) is 28.8 Å². The van der Waals surface area contributed by atoms with E-state index in [2.05, 4.69) is 5.32 Å². The fourth-order valence-corrected chi connectivity index (χ4v) is 1.84. The summed E-state index contributed by atoms with van der Waals surface area (Å²) in [5.74, 6) is 0.919. The van der Waals surface area contributed by atoms with Crippen LogP contribution in [0.4, 0.5) is 0 Å². The van der Waals surface area contributed by atoms with Crippen molar-refractivity contribution in [2.24, 2.45) is 0 Å². The highest BCUT2D eigenvalue weighted by molar-refractivity contribution is 6.31. The molecule has 94 valence electrons. The number of halogens is 1. The van der Waals surface area contributed by atoms with Crippen LogP contribution in [-0.4, -0.2) is 19.2 Å². The lowest BCUT2D eigenvalue weighted by Crippen LogP contribution is -2.17. The molecule has 1 fully saturated rings. The first-order valence-electron chi connectivity index (χ1n) is 6.38. The minimum absolute atomic E-state index is 0.785. The summed E-state index contributed by atoms with van der Waals surface area (Å²) in [6, 6.07) is 6.62. The van der Waals surface area contributed by atoms with Crippen LogP contribution in [-0.2, 0) is 0 Å². The number of aryl methyl sites for hydroxylation is 1. The number of ether oxygens (including phenoxy) is 1. The molecule has 0 aromatic heterocycles. The molecule has 0 spiro atoms. The van der Waals surface area contributed by atoms with Crippen molar-refractivity contribution in [1.82, 2.24) is 5.32 Å². The maximum atomic E-state index is 5.95. The molecule has 1 aliphatic carbocycles. The van der Waals surface area contributed by atoms with Crippen molar-refractivity contribution in [1.29, 1.82) is 0 Å². The largest absolute Gasteiger partial charge is 0.494 e. The van der Waals surface area contributed by atoms with E-state index in [1.807, 2.05) is 25.1 Å². The third-order valence-electron chi connectivity index (χ3n) is 2.98. The summed E-state index contributed by atoms with van der Waals surface area (Å²) in [4.78, 5) is 0. The highest BCUT2D eigenvalue weighted by Crippen LogP contribution is 2.21.